The second-order valence-corrected chi connectivity index (χ2v) is 16.8. The molecule has 0 saturated carbocycles. The zero-order chi connectivity index (χ0) is 49.1. The topological polar surface area (TPSA) is 307 Å². The quantitative estimate of drug-likeness (QED) is 0.0342. The molecule has 3 saturated heterocycles. The highest BCUT2D eigenvalue weighted by atomic mass is 16.8. The molecule has 12 N–H and O–H groups in total. The highest BCUT2D eigenvalue weighted by Gasteiger charge is 2.53. The first kappa shape index (κ1) is 58.5. The van der Waals surface area contributed by atoms with E-state index in [9.17, 15) is 61.0 Å². The minimum Gasteiger partial charge on any atom is -0.394 e. The van der Waals surface area contributed by atoms with Gasteiger partial charge in [0, 0.05) is 6.42 Å². The van der Waals surface area contributed by atoms with Gasteiger partial charge in [-0.3, -0.25) is 4.79 Å². The molecule has 19 nitrogen and oxygen atoms in total. The molecule has 0 aromatic rings. The molecule has 0 aromatic heterocycles. The van der Waals surface area contributed by atoms with Gasteiger partial charge in [-0.25, -0.2) is 0 Å². The molecule has 0 spiro atoms. The summed E-state index contributed by atoms with van der Waals surface area (Å²) in [7, 11) is 0. The smallest absolute Gasteiger partial charge is 0.220 e. The minimum atomic E-state index is -1.98. The van der Waals surface area contributed by atoms with Gasteiger partial charge in [-0.1, -0.05) is 99.6 Å². The average molecular weight is 958 g/mol. The van der Waals surface area contributed by atoms with Crippen molar-refractivity contribution in [3.8, 4) is 0 Å². The second kappa shape index (κ2) is 32.9. The van der Waals surface area contributed by atoms with Gasteiger partial charge in [0.2, 0.25) is 5.91 Å². The first-order chi connectivity index (χ1) is 32.3. The zero-order valence-corrected chi connectivity index (χ0v) is 38.8. The minimum absolute atomic E-state index is 0.196. The summed E-state index contributed by atoms with van der Waals surface area (Å²) in [5.74, 6) is -0.325. The molecule has 0 aliphatic carbocycles. The number of carbonyl (C=O) groups is 1. The monoisotopic (exact) mass is 958 g/mol. The third-order valence-electron chi connectivity index (χ3n) is 11.5. The van der Waals surface area contributed by atoms with Crippen molar-refractivity contribution in [3.63, 3.8) is 0 Å². The summed E-state index contributed by atoms with van der Waals surface area (Å²) in [5.41, 5.74) is 0. The summed E-state index contributed by atoms with van der Waals surface area (Å²) in [6.07, 6.45) is 7.51. The van der Waals surface area contributed by atoms with Crippen molar-refractivity contribution < 1.29 is 89.4 Å². The number of nitrogens with one attached hydrogen (secondary N) is 1. The van der Waals surface area contributed by atoms with Crippen LogP contribution in [0.4, 0.5) is 0 Å². The summed E-state index contributed by atoms with van der Waals surface area (Å²) in [5, 5.41) is 119. The standard InChI is InChI=1S/C48H79NO18/c1-3-5-7-8-9-10-11-12-13-14-15-16-17-18-19-20-21-22-24-26-36(54)49-31(32(53)25-23-6-4-2)30-62-46-42(60)39(57)44(34(28-51)64-46)67-48-43(61)40(58)45(35(29-52)65-48)66-47-41(59)38(56)37(55)33(27-50)63-47/h5,7,9-10,12-13,15-16,18-19,23,25,31-35,37-48,50-53,55-61H,3-4,6,8,11,14,17,20-22,24,26-30H2,1-2H3,(H,49,54)/b7-5-,10-9-,13-12-,16-15-,19-18-,25-23+. The molecule has 1 amide bonds. The predicted molar refractivity (Wildman–Crippen MR) is 245 cm³/mol. The van der Waals surface area contributed by atoms with Gasteiger partial charge >= 0.3 is 0 Å². The molecular formula is C48H79NO18. The molecule has 0 aromatic carbocycles. The van der Waals surface area contributed by atoms with Gasteiger partial charge in [0.05, 0.1) is 38.6 Å². The van der Waals surface area contributed by atoms with Crippen LogP contribution in [0.1, 0.15) is 90.9 Å². The van der Waals surface area contributed by atoms with E-state index in [1.165, 1.54) is 6.08 Å². The van der Waals surface area contributed by atoms with Crippen molar-refractivity contribution in [1.29, 1.82) is 0 Å². The average Bonchev–Trinajstić information content (AvgIpc) is 3.32. The Bertz CT molecular complexity index is 1520. The van der Waals surface area contributed by atoms with E-state index in [2.05, 4.69) is 73.0 Å². The highest BCUT2D eigenvalue weighted by Crippen LogP contribution is 2.33. The first-order valence-corrected chi connectivity index (χ1v) is 23.7. The number of ether oxygens (including phenoxy) is 6. The molecule has 3 aliphatic rings. The van der Waals surface area contributed by atoms with Gasteiger partial charge in [-0.15, -0.1) is 0 Å². The molecule has 17 unspecified atom stereocenters. The third kappa shape index (κ3) is 19.5. The van der Waals surface area contributed by atoms with Crippen molar-refractivity contribution in [3.05, 3.63) is 72.9 Å². The van der Waals surface area contributed by atoms with Crippen LogP contribution in [0.25, 0.3) is 0 Å². The number of hydrogen-bond donors (Lipinski definition) is 12. The number of aliphatic hydroxyl groups excluding tert-OH is 11. The predicted octanol–water partition coefficient (Wildman–Crippen LogP) is 0.355. The normalized spacial score (nSPS) is 34.1. The summed E-state index contributed by atoms with van der Waals surface area (Å²) >= 11 is 0. The van der Waals surface area contributed by atoms with E-state index in [4.69, 9.17) is 28.4 Å². The van der Waals surface area contributed by atoms with Crippen LogP contribution in [0.15, 0.2) is 72.9 Å². The summed E-state index contributed by atoms with van der Waals surface area (Å²) in [6, 6.07) is -0.989. The van der Waals surface area contributed by atoms with Crippen molar-refractivity contribution in [1.82, 2.24) is 5.32 Å². The number of hydrogen-bond acceptors (Lipinski definition) is 18. The number of carbonyl (C=O) groups excluding carboxylic acids is 1. The van der Waals surface area contributed by atoms with E-state index in [-0.39, 0.29) is 18.9 Å². The maximum Gasteiger partial charge on any atom is 0.220 e. The fraction of sp³-hybridized carbons (Fsp3) is 0.729. The summed E-state index contributed by atoms with van der Waals surface area (Å²) in [4.78, 5) is 13.0. The molecular weight excluding hydrogens is 879 g/mol. The van der Waals surface area contributed by atoms with Gasteiger partial charge in [0.25, 0.3) is 0 Å². The Morgan fingerprint density at radius 2 is 1.03 bits per heavy atom. The second-order valence-electron chi connectivity index (χ2n) is 16.8. The number of unbranched alkanes of at least 4 members (excludes halogenated alkanes) is 4. The van der Waals surface area contributed by atoms with E-state index in [1.54, 1.807) is 6.08 Å². The maximum atomic E-state index is 13.0. The van der Waals surface area contributed by atoms with E-state index in [1.807, 2.05) is 6.92 Å². The molecule has 0 radical (unpaired) electrons. The van der Waals surface area contributed by atoms with Gasteiger partial charge in [-0.2, -0.15) is 0 Å². The van der Waals surface area contributed by atoms with Gasteiger partial charge in [-0.05, 0) is 57.8 Å². The fourth-order valence-corrected chi connectivity index (χ4v) is 7.51. The number of allylic oxidation sites excluding steroid dienone is 11. The van der Waals surface area contributed by atoms with E-state index in [0.29, 0.717) is 12.8 Å². The molecule has 384 valence electrons. The molecule has 3 aliphatic heterocycles. The van der Waals surface area contributed by atoms with Crippen LogP contribution in [0, 0.1) is 0 Å². The van der Waals surface area contributed by atoms with E-state index >= 15 is 0 Å². The lowest BCUT2D eigenvalue weighted by Crippen LogP contribution is -2.66. The number of rotatable bonds is 30. The molecule has 3 heterocycles. The lowest BCUT2D eigenvalue weighted by atomic mass is 9.96. The Morgan fingerprint density at radius 1 is 0.552 bits per heavy atom. The van der Waals surface area contributed by atoms with Crippen LogP contribution in [-0.4, -0.2) is 193 Å². The van der Waals surface area contributed by atoms with Gasteiger partial charge in [0.15, 0.2) is 18.9 Å². The molecule has 3 rings (SSSR count). The number of aliphatic hydroxyl groups is 11. The first-order valence-electron chi connectivity index (χ1n) is 23.7. The zero-order valence-electron chi connectivity index (χ0n) is 38.8. The van der Waals surface area contributed by atoms with Crippen LogP contribution in [-0.2, 0) is 33.2 Å². The van der Waals surface area contributed by atoms with Crippen LogP contribution in [0.3, 0.4) is 0 Å². The van der Waals surface area contributed by atoms with E-state index in [0.717, 1.165) is 57.8 Å². The lowest BCUT2D eigenvalue weighted by Gasteiger charge is -2.48. The fourth-order valence-electron chi connectivity index (χ4n) is 7.51. The molecule has 0 bridgehead atoms. The molecule has 17 atom stereocenters. The van der Waals surface area contributed by atoms with Crippen molar-refractivity contribution >= 4 is 5.91 Å². The maximum absolute atomic E-state index is 13.0. The van der Waals surface area contributed by atoms with Gasteiger partial charge < -0.3 is 89.9 Å². The summed E-state index contributed by atoms with van der Waals surface area (Å²) < 4.78 is 33.8. The van der Waals surface area contributed by atoms with Crippen molar-refractivity contribution in [2.24, 2.45) is 0 Å². The van der Waals surface area contributed by atoms with Crippen LogP contribution >= 0.6 is 0 Å². The Balaban J connectivity index is 1.48. The van der Waals surface area contributed by atoms with Crippen molar-refractivity contribution in [2.75, 3.05) is 26.4 Å². The Labute approximate surface area is 394 Å². The Kier molecular flexibility index (Phi) is 28.8. The molecule has 3 fully saturated rings. The molecule has 19 heteroatoms. The van der Waals surface area contributed by atoms with Crippen LogP contribution in [0.2, 0.25) is 0 Å². The molecule has 67 heavy (non-hydrogen) atoms. The van der Waals surface area contributed by atoms with Crippen LogP contribution < -0.4 is 5.32 Å². The number of amides is 1. The third-order valence-corrected chi connectivity index (χ3v) is 11.5. The Morgan fingerprint density at radius 3 is 1.55 bits per heavy atom. The van der Waals surface area contributed by atoms with Crippen molar-refractivity contribution in [2.45, 2.75) is 195 Å². The SMILES string of the molecule is CC/C=C\C/C=C\C/C=C\C/C=C\C/C=C\CCCCCC(=O)NC(COC1OC(CO)C(OC2OC(CO)C(OC3OC(CO)C(O)C(O)C3O)C(O)C2O)C(O)C1O)C(O)/C=C/CCC. The summed E-state index contributed by atoms with van der Waals surface area (Å²) in [6.45, 7) is 1.27. The largest absolute Gasteiger partial charge is 0.394 e. The van der Waals surface area contributed by atoms with E-state index < -0.39 is 124 Å². The highest BCUT2D eigenvalue weighted by molar-refractivity contribution is 5.76. The van der Waals surface area contributed by atoms with Gasteiger partial charge in [0.1, 0.15) is 73.2 Å². The lowest BCUT2D eigenvalue weighted by molar-refractivity contribution is -0.379. The Hall–Kier alpha value is -2.77. The van der Waals surface area contributed by atoms with Crippen LogP contribution in [0.5, 0.6) is 0 Å².